The first-order chi connectivity index (χ1) is 9.49. The normalized spacial score (nSPS) is 22.0. The number of nitrogens with zero attached hydrogens (tertiary/aromatic N) is 4. The monoisotopic (exact) mass is 283 g/mol. The summed E-state index contributed by atoms with van der Waals surface area (Å²) in [5.74, 6) is -0.383. The van der Waals surface area contributed by atoms with Crippen LogP contribution in [0, 0.1) is 0 Å². The molecule has 2 amide bonds. The van der Waals surface area contributed by atoms with Crippen LogP contribution in [0.25, 0.3) is 0 Å². The van der Waals surface area contributed by atoms with Crippen molar-refractivity contribution in [3.05, 3.63) is 12.2 Å². The van der Waals surface area contributed by atoms with Crippen molar-refractivity contribution in [2.75, 3.05) is 13.1 Å². The Bertz CT molecular complexity index is 503. The van der Waals surface area contributed by atoms with E-state index in [1.807, 2.05) is 0 Å². The van der Waals surface area contributed by atoms with E-state index in [0.717, 1.165) is 10.7 Å². The summed E-state index contributed by atoms with van der Waals surface area (Å²) in [6.45, 7) is 0.358. The molecule has 1 aromatic rings. The number of hydrogen-bond donors (Lipinski definition) is 3. The first kappa shape index (κ1) is 14.3. The summed E-state index contributed by atoms with van der Waals surface area (Å²) >= 11 is 0. The minimum Gasteiger partial charge on any atom is -0.480 e. The highest BCUT2D eigenvalue weighted by Crippen LogP contribution is 2.17. The second-order valence-corrected chi connectivity index (χ2v) is 4.74. The van der Waals surface area contributed by atoms with Crippen molar-refractivity contribution in [3.63, 3.8) is 0 Å². The van der Waals surface area contributed by atoms with Crippen molar-refractivity contribution in [2.45, 2.75) is 25.0 Å². The van der Waals surface area contributed by atoms with Crippen LogP contribution in [0.3, 0.4) is 0 Å². The van der Waals surface area contributed by atoms with Gasteiger partial charge in [0.15, 0.2) is 0 Å². The van der Waals surface area contributed by atoms with Crippen LogP contribution in [0.2, 0.25) is 0 Å². The standard InChI is InChI=1S/C11H17N5O4/c1-15-6-13-14-9(15)2-3-12-11(20)16-5-7(17)4-8(16)10(18)19/h6-8,17H,2-5H2,1H3,(H,12,20)(H,18,19)/t7?,8-/m0/s1. The molecule has 1 aliphatic rings. The van der Waals surface area contributed by atoms with Crippen LogP contribution in [-0.4, -0.2) is 67.1 Å². The van der Waals surface area contributed by atoms with Gasteiger partial charge in [-0.15, -0.1) is 10.2 Å². The Hall–Kier alpha value is -2.16. The second-order valence-electron chi connectivity index (χ2n) is 4.74. The van der Waals surface area contributed by atoms with E-state index in [4.69, 9.17) is 5.11 Å². The van der Waals surface area contributed by atoms with Crippen LogP contribution in [0.15, 0.2) is 6.33 Å². The zero-order valence-electron chi connectivity index (χ0n) is 11.1. The predicted molar refractivity (Wildman–Crippen MR) is 66.9 cm³/mol. The molecule has 9 nitrogen and oxygen atoms in total. The van der Waals surface area contributed by atoms with Crippen LogP contribution < -0.4 is 5.32 Å². The molecular formula is C11H17N5O4. The smallest absolute Gasteiger partial charge is 0.326 e. The molecule has 1 aliphatic heterocycles. The molecular weight excluding hydrogens is 266 g/mol. The quantitative estimate of drug-likeness (QED) is 0.624. The van der Waals surface area contributed by atoms with Gasteiger partial charge < -0.3 is 25.0 Å². The third-order valence-corrected chi connectivity index (χ3v) is 3.25. The summed E-state index contributed by atoms with van der Waals surface area (Å²) in [6, 6.07) is -1.46. The lowest BCUT2D eigenvalue weighted by Gasteiger charge is -2.21. The average Bonchev–Trinajstić information content (AvgIpc) is 2.96. The highest BCUT2D eigenvalue weighted by molar-refractivity contribution is 5.83. The lowest BCUT2D eigenvalue weighted by atomic mass is 10.2. The van der Waals surface area contributed by atoms with E-state index in [0.29, 0.717) is 13.0 Å². The molecule has 1 saturated heterocycles. The van der Waals surface area contributed by atoms with Gasteiger partial charge in [-0.05, 0) is 0 Å². The Morgan fingerprint density at radius 2 is 2.30 bits per heavy atom. The molecule has 0 bridgehead atoms. The number of nitrogens with one attached hydrogen (secondary N) is 1. The Labute approximate surface area is 115 Å². The van der Waals surface area contributed by atoms with Gasteiger partial charge in [-0.2, -0.15) is 0 Å². The van der Waals surface area contributed by atoms with Gasteiger partial charge in [0.2, 0.25) is 0 Å². The molecule has 1 aromatic heterocycles. The van der Waals surface area contributed by atoms with Crippen molar-refractivity contribution in [1.29, 1.82) is 0 Å². The number of hydrogen-bond acceptors (Lipinski definition) is 5. The van der Waals surface area contributed by atoms with Crippen molar-refractivity contribution in [1.82, 2.24) is 25.0 Å². The summed E-state index contributed by atoms with van der Waals surface area (Å²) in [4.78, 5) is 24.1. The Kier molecular flexibility index (Phi) is 4.18. The number of carbonyl (C=O) groups is 2. The van der Waals surface area contributed by atoms with Crippen LogP contribution in [0.5, 0.6) is 0 Å². The lowest BCUT2D eigenvalue weighted by molar-refractivity contribution is -0.141. The summed E-state index contributed by atoms with van der Waals surface area (Å²) in [6.07, 6.45) is 1.33. The number of amides is 2. The number of carbonyl (C=O) groups excluding carboxylic acids is 1. The van der Waals surface area contributed by atoms with Crippen LogP contribution in [0.4, 0.5) is 4.79 Å². The molecule has 9 heteroatoms. The molecule has 2 rings (SSSR count). The Morgan fingerprint density at radius 3 is 2.90 bits per heavy atom. The molecule has 1 fully saturated rings. The zero-order valence-corrected chi connectivity index (χ0v) is 11.1. The minimum absolute atomic E-state index is 0.0345. The second kappa shape index (κ2) is 5.87. The van der Waals surface area contributed by atoms with Gasteiger partial charge in [-0.3, -0.25) is 0 Å². The predicted octanol–water partition coefficient (Wildman–Crippen LogP) is -1.41. The summed E-state index contributed by atoms with van der Waals surface area (Å²) < 4.78 is 1.74. The number of rotatable bonds is 4. The number of aliphatic carboxylic acids is 1. The fourth-order valence-electron chi connectivity index (χ4n) is 2.19. The molecule has 2 atom stereocenters. The third-order valence-electron chi connectivity index (χ3n) is 3.25. The molecule has 0 spiro atoms. The van der Waals surface area contributed by atoms with E-state index in [-0.39, 0.29) is 13.0 Å². The molecule has 0 aromatic carbocycles. The van der Waals surface area contributed by atoms with E-state index in [1.165, 1.54) is 0 Å². The van der Waals surface area contributed by atoms with Gasteiger partial charge in [0.05, 0.1) is 6.10 Å². The van der Waals surface area contributed by atoms with Crippen molar-refractivity contribution < 1.29 is 19.8 Å². The number of carboxylic acid groups (broad SMARTS) is 1. The number of urea groups is 1. The largest absolute Gasteiger partial charge is 0.480 e. The number of aliphatic hydroxyl groups is 1. The molecule has 20 heavy (non-hydrogen) atoms. The van der Waals surface area contributed by atoms with E-state index in [1.54, 1.807) is 17.9 Å². The van der Waals surface area contributed by atoms with Gasteiger partial charge in [-0.1, -0.05) is 0 Å². The van der Waals surface area contributed by atoms with Gasteiger partial charge in [0, 0.05) is 33.0 Å². The van der Waals surface area contributed by atoms with E-state index >= 15 is 0 Å². The number of carboxylic acids is 1. The third kappa shape index (κ3) is 3.05. The Morgan fingerprint density at radius 1 is 1.55 bits per heavy atom. The maximum atomic E-state index is 11.9. The number of aromatic nitrogens is 3. The Balaban J connectivity index is 1.85. The van der Waals surface area contributed by atoms with Crippen molar-refractivity contribution >= 4 is 12.0 Å². The molecule has 0 saturated carbocycles. The number of aryl methyl sites for hydroxylation is 1. The summed E-state index contributed by atoms with van der Waals surface area (Å²) in [5, 5.41) is 28.7. The highest BCUT2D eigenvalue weighted by Gasteiger charge is 2.38. The summed E-state index contributed by atoms with van der Waals surface area (Å²) in [7, 11) is 1.80. The number of aliphatic hydroxyl groups excluding tert-OH is 1. The van der Waals surface area contributed by atoms with Crippen molar-refractivity contribution in [2.24, 2.45) is 7.05 Å². The van der Waals surface area contributed by atoms with Crippen LogP contribution >= 0.6 is 0 Å². The van der Waals surface area contributed by atoms with Crippen LogP contribution in [-0.2, 0) is 18.3 Å². The maximum absolute atomic E-state index is 11.9. The highest BCUT2D eigenvalue weighted by atomic mass is 16.4. The average molecular weight is 283 g/mol. The molecule has 0 aliphatic carbocycles. The zero-order chi connectivity index (χ0) is 14.7. The van der Waals surface area contributed by atoms with E-state index < -0.39 is 24.1 Å². The van der Waals surface area contributed by atoms with Gasteiger partial charge in [0.1, 0.15) is 18.2 Å². The topological polar surface area (TPSA) is 121 Å². The first-order valence-corrected chi connectivity index (χ1v) is 6.27. The van der Waals surface area contributed by atoms with Gasteiger partial charge in [-0.25, -0.2) is 9.59 Å². The van der Waals surface area contributed by atoms with Gasteiger partial charge >= 0.3 is 12.0 Å². The molecule has 110 valence electrons. The minimum atomic E-state index is -1.11. The van der Waals surface area contributed by atoms with Crippen LogP contribution in [0.1, 0.15) is 12.2 Å². The fourth-order valence-corrected chi connectivity index (χ4v) is 2.19. The first-order valence-electron chi connectivity index (χ1n) is 6.27. The molecule has 0 radical (unpaired) electrons. The van der Waals surface area contributed by atoms with Crippen molar-refractivity contribution in [3.8, 4) is 0 Å². The number of likely N-dealkylation sites (tertiary alicyclic amines) is 1. The molecule has 1 unspecified atom stereocenters. The van der Waals surface area contributed by atoms with E-state index in [9.17, 15) is 14.7 Å². The fraction of sp³-hybridized carbons (Fsp3) is 0.636. The SMILES string of the molecule is Cn1cnnc1CCNC(=O)N1CC(O)C[C@H]1C(=O)O. The summed E-state index contributed by atoms with van der Waals surface area (Å²) in [5.41, 5.74) is 0. The molecule has 3 N–H and O–H groups in total. The van der Waals surface area contributed by atoms with E-state index in [2.05, 4.69) is 15.5 Å². The number of β-amino-alcohol motifs (C(OH)–C–C–N with tert-alkyl or cyclic N) is 1. The lowest BCUT2D eigenvalue weighted by Crippen LogP contribution is -2.46. The van der Waals surface area contributed by atoms with Gasteiger partial charge in [0.25, 0.3) is 0 Å². The molecule has 2 heterocycles. The maximum Gasteiger partial charge on any atom is 0.326 e.